The number of carboxylic acids is 1. The molecule has 0 amide bonds. The summed E-state index contributed by atoms with van der Waals surface area (Å²) in [5.74, 6) is -1.19. The predicted octanol–water partition coefficient (Wildman–Crippen LogP) is 0.883. The van der Waals surface area contributed by atoms with Crippen LogP contribution in [-0.2, 0) is 15.0 Å². The lowest BCUT2D eigenvalue weighted by Crippen LogP contribution is -2.44. The quantitative estimate of drug-likeness (QED) is 0.812. The Kier molecular flexibility index (Phi) is 3.77. The fourth-order valence-corrected chi connectivity index (χ4v) is 3.09. The van der Waals surface area contributed by atoms with Gasteiger partial charge in [-0.25, -0.2) is 4.31 Å². The zero-order chi connectivity index (χ0) is 14.0. The van der Waals surface area contributed by atoms with Crippen LogP contribution < -0.4 is 9.03 Å². The molecule has 0 aliphatic heterocycles. The average molecular weight is 284 g/mol. The number of carboxylic acid groups (broad SMARTS) is 1. The fourth-order valence-electron chi connectivity index (χ4n) is 1.62. The second-order valence-electron chi connectivity index (χ2n) is 4.63. The molecule has 6 nitrogen and oxygen atoms in total. The molecule has 7 heteroatoms. The molecule has 0 spiro atoms. The molecule has 1 fully saturated rings. The van der Waals surface area contributed by atoms with Crippen LogP contribution in [-0.4, -0.2) is 32.1 Å². The first kappa shape index (κ1) is 13.8. The molecule has 0 saturated heterocycles. The summed E-state index contributed by atoms with van der Waals surface area (Å²) in [5.41, 5.74) is 1.33. The van der Waals surface area contributed by atoms with E-state index >= 15 is 0 Å². The van der Waals surface area contributed by atoms with Crippen molar-refractivity contribution in [2.24, 2.45) is 0 Å². The van der Waals surface area contributed by atoms with Crippen molar-refractivity contribution < 1.29 is 18.3 Å². The Balaban J connectivity index is 2.28. The number of nitrogens with zero attached hydrogens (tertiary/aromatic N) is 1. The molecular weight excluding hydrogens is 268 g/mol. The molecule has 1 saturated carbocycles. The number of nitrogens with one attached hydrogen (secondary N) is 1. The van der Waals surface area contributed by atoms with Crippen molar-refractivity contribution in [3.63, 3.8) is 0 Å². The minimum Gasteiger partial charge on any atom is -0.480 e. The second kappa shape index (κ2) is 5.18. The maximum absolute atomic E-state index is 12.2. The summed E-state index contributed by atoms with van der Waals surface area (Å²) in [6.45, 7) is 1.29. The second-order valence-corrected chi connectivity index (χ2v) is 6.26. The first-order valence-corrected chi connectivity index (χ1v) is 7.41. The van der Waals surface area contributed by atoms with Crippen LogP contribution in [0, 0.1) is 6.92 Å². The molecule has 1 aromatic rings. The number of aryl methyl sites for hydroxylation is 1. The van der Waals surface area contributed by atoms with Gasteiger partial charge in [-0.05, 0) is 31.9 Å². The Morgan fingerprint density at radius 3 is 2.42 bits per heavy atom. The van der Waals surface area contributed by atoms with Gasteiger partial charge in [0.2, 0.25) is 0 Å². The number of aliphatic carboxylic acids is 1. The van der Waals surface area contributed by atoms with Gasteiger partial charge in [-0.1, -0.05) is 17.7 Å². The topological polar surface area (TPSA) is 86.7 Å². The highest BCUT2D eigenvalue weighted by atomic mass is 32.2. The average Bonchev–Trinajstić information content (AvgIpc) is 3.10. The molecule has 2 N–H and O–H groups in total. The van der Waals surface area contributed by atoms with Gasteiger partial charge in [-0.3, -0.25) is 4.79 Å². The zero-order valence-electron chi connectivity index (χ0n) is 10.5. The summed E-state index contributed by atoms with van der Waals surface area (Å²) in [6, 6.07) is 6.63. The van der Waals surface area contributed by atoms with E-state index < -0.39 is 22.7 Å². The van der Waals surface area contributed by atoms with Gasteiger partial charge in [-0.15, -0.1) is 0 Å². The summed E-state index contributed by atoms with van der Waals surface area (Å²) < 4.78 is 27.7. The van der Waals surface area contributed by atoms with E-state index in [1.54, 1.807) is 24.3 Å². The Bertz CT molecular complexity index is 564. The standard InChI is InChI=1S/C12H16N2O4S/c1-9-2-6-11(7-3-9)14(8-12(15)16)19(17,18)13-10-4-5-10/h2-3,6-7,10,13H,4-5,8H2,1H3,(H,15,16). The van der Waals surface area contributed by atoms with Crippen molar-refractivity contribution >= 4 is 21.9 Å². The van der Waals surface area contributed by atoms with Crippen molar-refractivity contribution in [2.45, 2.75) is 25.8 Å². The van der Waals surface area contributed by atoms with Gasteiger partial charge in [0.25, 0.3) is 0 Å². The SMILES string of the molecule is Cc1ccc(N(CC(=O)O)S(=O)(=O)NC2CC2)cc1. The third-order valence-electron chi connectivity index (χ3n) is 2.78. The monoisotopic (exact) mass is 284 g/mol. The highest BCUT2D eigenvalue weighted by molar-refractivity contribution is 7.91. The summed E-state index contributed by atoms with van der Waals surface area (Å²) in [6.07, 6.45) is 1.60. The first-order chi connectivity index (χ1) is 8.88. The van der Waals surface area contributed by atoms with E-state index in [0.717, 1.165) is 22.7 Å². The van der Waals surface area contributed by atoms with Crippen LogP contribution >= 0.6 is 0 Å². The van der Waals surface area contributed by atoms with Gasteiger partial charge in [0.05, 0.1) is 5.69 Å². The summed E-state index contributed by atoms with van der Waals surface area (Å²) in [7, 11) is -3.82. The third-order valence-corrected chi connectivity index (χ3v) is 4.34. The van der Waals surface area contributed by atoms with E-state index in [9.17, 15) is 13.2 Å². The van der Waals surface area contributed by atoms with Crippen LogP contribution in [0.3, 0.4) is 0 Å². The van der Waals surface area contributed by atoms with Gasteiger partial charge in [0.1, 0.15) is 6.54 Å². The minimum absolute atomic E-state index is 0.0632. The van der Waals surface area contributed by atoms with Crippen LogP contribution in [0.2, 0.25) is 0 Å². The Labute approximate surface area is 112 Å². The molecule has 1 aliphatic rings. The normalized spacial score (nSPS) is 15.2. The lowest BCUT2D eigenvalue weighted by molar-refractivity contribution is -0.135. The van der Waals surface area contributed by atoms with E-state index in [0.29, 0.717) is 5.69 Å². The first-order valence-electron chi connectivity index (χ1n) is 5.97. The van der Waals surface area contributed by atoms with E-state index in [1.807, 2.05) is 6.92 Å². The Hall–Kier alpha value is -1.60. The zero-order valence-corrected chi connectivity index (χ0v) is 11.4. The lowest BCUT2D eigenvalue weighted by atomic mass is 10.2. The highest BCUT2D eigenvalue weighted by Crippen LogP contribution is 2.23. The molecule has 1 aliphatic carbocycles. The van der Waals surface area contributed by atoms with Gasteiger partial charge < -0.3 is 5.11 Å². The van der Waals surface area contributed by atoms with E-state index in [-0.39, 0.29) is 6.04 Å². The Morgan fingerprint density at radius 2 is 1.95 bits per heavy atom. The van der Waals surface area contributed by atoms with Crippen molar-refractivity contribution in [2.75, 3.05) is 10.8 Å². The lowest BCUT2D eigenvalue weighted by Gasteiger charge is -2.23. The molecule has 0 bridgehead atoms. The summed E-state index contributed by atoms with van der Waals surface area (Å²) in [4.78, 5) is 10.9. The van der Waals surface area contributed by atoms with Crippen molar-refractivity contribution in [1.82, 2.24) is 4.72 Å². The summed E-state index contributed by atoms with van der Waals surface area (Å²) in [5, 5.41) is 8.88. The summed E-state index contributed by atoms with van der Waals surface area (Å²) >= 11 is 0. The molecular formula is C12H16N2O4S. The predicted molar refractivity (Wildman–Crippen MR) is 71.2 cm³/mol. The molecule has 19 heavy (non-hydrogen) atoms. The van der Waals surface area contributed by atoms with Crippen molar-refractivity contribution in [3.05, 3.63) is 29.8 Å². The van der Waals surface area contributed by atoms with Crippen LogP contribution in [0.1, 0.15) is 18.4 Å². The van der Waals surface area contributed by atoms with Crippen LogP contribution in [0.4, 0.5) is 5.69 Å². The van der Waals surface area contributed by atoms with Gasteiger partial charge in [0, 0.05) is 6.04 Å². The largest absolute Gasteiger partial charge is 0.480 e. The highest BCUT2D eigenvalue weighted by Gasteiger charge is 2.32. The van der Waals surface area contributed by atoms with Crippen LogP contribution in [0.5, 0.6) is 0 Å². The fraction of sp³-hybridized carbons (Fsp3) is 0.417. The van der Waals surface area contributed by atoms with Gasteiger partial charge >= 0.3 is 16.2 Å². The van der Waals surface area contributed by atoms with E-state index in [4.69, 9.17) is 5.11 Å². The Morgan fingerprint density at radius 1 is 1.37 bits per heavy atom. The maximum atomic E-state index is 12.2. The molecule has 0 atom stereocenters. The molecule has 2 rings (SSSR count). The molecule has 0 radical (unpaired) electrons. The number of anilines is 1. The third kappa shape index (κ3) is 3.68. The number of rotatable bonds is 6. The molecule has 1 aromatic carbocycles. The molecule has 0 heterocycles. The maximum Gasteiger partial charge on any atom is 0.324 e. The smallest absolute Gasteiger partial charge is 0.324 e. The van der Waals surface area contributed by atoms with E-state index in [2.05, 4.69) is 4.72 Å². The molecule has 0 unspecified atom stereocenters. The van der Waals surface area contributed by atoms with Crippen LogP contribution in [0.15, 0.2) is 24.3 Å². The number of hydrogen-bond donors (Lipinski definition) is 2. The van der Waals surface area contributed by atoms with Crippen LogP contribution in [0.25, 0.3) is 0 Å². The van der Waals surface area contributed by atoms with Crippen molar-refractivity contribution in [3.8, 4) is 0 Å². The van der Waals surface area contributed by atoms with Gasteiger partial charge in [0.15, 0.2) is 0 Å². The molecule has 0 aromatic heterocycles. The van der Waals surface area contributed by atoms with E-state index in [1.165, 1.54) is 0 Å². The minimum atomic E-state index is -3.82. The molecule has 104 valence electrons. The van der Waals surface area contributed by atoms with Gasteiger partial charge in [-0.2, -0.15) is 13.1 Å². The number of hydrogen-bond acceptors (Lipinski definition) is 3. The number of carbonyl (C=O) groups is 1. The van der Waals surface area contributed by atoms with Crippen molar-refractivity contribution in [1.29, 1.82) is 0 Å². The number of benzene rings is 1.